The molecule has 1 saturated heterocycles. The SMILES string of the molecule is COc1cccc(-c2nc(C)c(-c3ccc(SCC(=O)N4CCCC4)nn3)s2)c1. The van der Waals surface area contributed by atoms with E-state index in [1.807, 2.05) is 48.2 Å². The molecule has 1 fully saturated rings. The van der Waals surface area contributed by atoms with Crippen LogP contribution in [0.5, 0.6) is 5.75 Å². The van der Waals surface area contributed by atoms with Crippen molar-refractivity contribution in [3.8, 4) is 26.9 Å². The molecule has 4 rings (SSSR count). The predicted molar refractivity (Wildman–Crippen MR) is 116 cm³/mol. The van der Waals surface area contributed by atoms with Crippen LogP contribution in [0.4, 0.5) is 0 Å². The van der Waals surface area contributed by atoms with Gasteiger partial charge in [0, 0.05) is 18.7 Å². The number of thioether (sulfide) groups is 1. The number of amides is 1. The number of rotatable bonds is 6. The molecule has 0 saturated carbocycles. The van der Waals surface area contributed by atoms with Crippen LogP contribution in [0.15, 0.2) is 41.4 Å². The van der Waals surface area contributed by atoms with Crippen molar-refractivity contribution in [3.05, 3.63) is 42.1 Å². The Kier molecular flexibility index (Phi) is 6.10. The molecule has 2 aromatic heterocycles. The lowest BCUT2D eigenvalue weighted by Crippen LogP contribution is -2.29. The van der Waals surface area contributed by atoms with Gasteiger partial charge in [-0.05, 0) is 44.0 Å². The Labute approximate surface area is 178 Å². The molecule has 0 aliphatic carbocycles. The van der Waals surface area contributed by atoms with Crippen LogP contribution in [0.2, 0.25) is 0 Å². The van der Waals surface area contributed by atoms with Gasteiger partial charge in [0.05, 0.1) is 23.4 Å². The third-order valence-electron chi connectivity index (χ3n) is 4.79. The number of nitrogens with zero attached hydrogens (tertiary/aromatic N) is 4. The number of carbonyl (C=O) groups is 1. The average molecular weight is 427 g/mol. The van der Waals surface area contributed by atoms with Gasteiger partial charge in [0.1, 0.15) is 21.5 Å². The zero-order valence-electron chi connectivity index (χ0n) is 16.4. The first-order valence-corrected chi connectivity index (χ1v) is 11.3. The van der Waals surface area contributed by atoms with Gasteiger partial charge in [0.15, 0.2) is 0 Å². The normalized spacial score (nSPS) is 13.7. The van der Waals surface area contributed by atoms with E-state index >= 15 is 0 Å². The maximum atomic E-state index is 12.2. The number of thiazole rings is 1. The maximum absolute atomic E-state index is 12.2. The Bertz CT molecular complexity index is 998. The molecule has 0 atom stereocenters. The lowest BCUT2D eigenvalue weighted by molar-refractivity contribution is -0.127. The smallest absolute Gasteiger partial charge is 0.232 e. The first-order valence-electron chi connectivity index (χ1n) is 9.50. The summed E-state index contributed by atoms with van der Waals surface area (Å²) in [5.74, 6) is 1.40. The summed E-state index contributed by atoms with van der Waals surface area (Å²) in [6, 6.07) is 11.7. The van der Waals surface area contributed by atoms with Gasteiger partial charge in [0.2, 0.25) is 5.91 Å². The minimum Gasteiger partial charge on any atom is -0.497 e. The van der Waals surface area contributed by atoms with Crippen molar-refractivity contribution in [1.82, 2.24) is 20.1 Å². The standard InChI is InChI=1S/C21H22N4O2S2/c1-14-20(29-21(22-14)15-6-5-7-16(12-15)27-2)17-8-9-18(24-23-17)28-13-19(26)25-10-3-4-11-25/h5-9,12H,3-4,10-11,13H2,1-2H3. The van der Waals surface area contributed by atoms with Gasteiger partial charge in [-0.2, -0.15) is 0 Å². The Balaban J connectivity index is 1.46. The van der Waals surface area contributed by atoms with Crippen molar-refractivity contribution >= 4 is 29.0 Å². The van der Waals surface area contributed by atoms with Crippen LogP contribution in [0, 0.1) is 6.92 Å². The highest BCUT2D eigenvalue weighted by Gasteiger charge is 2.18. The van der Waals surface area contributed by atoms with Crippen LogP contribution in [0.25, 0.3) is 21.1 Å². The zero-order chi connectivity index (χ0) is 20.2. The van der Waals surface area contributed by atoms with Crippen molar-refractivity contribution in [2.75, 3.05) is 26.0 Å². The molecule has 1 aliphatic heterocycles. The van der Waals surface area contributed by atoms with E-state index in [0.717, 1.165) is 63.5 Å². The highest BCUT2D eigenvalue weighted by molar-refractivity contribution is 7.99. The van der Waals surface area contributed by atoms with E-state index in [2.05, 4.69) is 10.2 Å². The molecule has 0 unspecified atom stereocenters. The number of likely N-dealkylation sites (tertiary alicyclic amines) is 1. The molecule has 3 aromatic rings. The summed E-state index contributed by atoms with van der Waals surface area (Å²) in [5, 5.41) is 10.4. The number of benzene rings is 1. The fourth-order valence-corrected chi connectivity index (χ4v) is 4.97. The average Bonchev–Trinajstić information content (AvgIpc) is 3.43. The summed E-state index contributed by atoms with van der Waals surface area (Å²) in [7, 11) is 1.66. The molecule has 1 aliphatic rings. The Morgan fingerprint density at radius 3 is 2.76 bits per heavy atom. The Morgan fingerprint density at radius 1 is 1.21 bits per heavy atom. The minimum absolute atomic E-state index is 0.180. The van der Waals surface area contributed by atoms with E-state index in [-0.39, 0.29) is 5.91 Å². The number of ether oxygens (including phenoxy) is 1. The molecular weight excluding hydrogens is 404 g/mol. The summed E-state index contributed by atoms with van der Waals surface area (Å²) < 4.78 is 5.31. The molecule has 150 valence electrons. The minimum atomic E-state index is 0.180. The first kappa shape index (κ1) is 19.8. The van der Waals surface area contributed by atoms with E-state index in [4.69, 9.17) is 9.72 Å². The molecule has 0 bridgehead atoms. The van der Waals surface area contributed by atoms with Gasteiger partial charge in [-0.1, -0.05) is 23.9 Å². The van der Waals surface area contributed by atoms with Crippen molar-refractivity contribution in [1.29, 1.82) is 0 Å². The molecule has 8 heteroatoms. The number of aromatic nitrogens is 3. The number of hydrogen-bond donors (Lipinski definition) is 0. The van der Waals surface area contributed by atoms with Crippen LogP contribution >= 0.6 is 23.1 Å². The molecule has 3 heterocycles. The quantitative estimate of drug-likeness (QED) is 0.548. The van der Waals surface area contributed by atoms with Crippen LogP contribution in [0.3, 0.4) is 0 Å². The molecular formula is C21H22N4O2S2. The highest BCUT2D eigenvalue weighted by atomic mass is 32.2. The lowest BCUT2D eigenvalue weighted by atomic mass is 10.2. The maximum Gasteiger partial charge on any atom is 0.232 e. The van der Waals surface area contributed by atoms with Gasteiger partial charge < -0.3 is 9.64 Å². The summed E-state index contributed by atoms with van der Waals surface area (Å²) in [5.41, 5.74) is 2.74. The van der Waals surface area contributed by atoms with Gasteiger partial charge in [-0.25, -0.2) is 4.98 Å². The van der Waals surface area contributed by atoms with E-state index < -0.39 is 0 Å². The summed E-state index contributed by atoms with van der Waals surface area (Å²) in [6.45, 7) is 3.74. The molecule has 1 aromatic carbocycles. The monoisotopic (exact) mass is 426 g/mol. The molecule has 29 heavy (non-hydrogen) atoms. The number of methoxy groups -OCH3 is 1. The Morgan fingerprint density at radius 2 is 2.03 bits per heavy atom. The lowest BCUT2D eigenvalue weighted by Gasteiger charge is -2.14. The molecule has 0 spiro atoms. The summed E-state index contributed by atoms with van der Waals surface area (Å²) >= 11 is 3.03. The van der Waals surface area contributed by atoms with Crippen LogP contribution in [-0.2, 0) is 4.79 Å². The largest absolute Gasteiger partial charge is 0.497 e. The molecule has 6 nitrogen and oxygen atoms in total. The van der Waals surface area contributed by atoms with Crippen molar-refractivity contribution in [2.24, 2.45) is 0 Å². The first-order chi connectivity index (χ1) is 14.1. The van der Waals surface area contributed by atoms with Crippen LogP contribution in [-0.4, -0.2) is 51.9 Å². The zero-order valence-corrected chi connectivity index (χ0v) is 18.1. The number of carbonyl (C=O) groups excluding carboxylic acids is 1. The van der Waals surface area contributed by atoms with E-state index in [1.165, 1.54) is 11.8 Å². The van der Waals surface area contributed by atoms with Crippen molar-refractivity contribution in [2.45, 2.75) is 24.8 Å². The number of hydrogen-bond acceptors (Lipinski definition) is 7. The fourth-order valence-electron chi connectivity index (χ4n) is 3.23. The highest BCUT2D eigenvalue weighted by Crippen LogP contribution is 2.35. The molecule has 0 radical (unpaired) electrons. The van der Waals surface area contributed by atoms with Gasteiger partial charge >= 0.3 is 0 Å². The number of aryl methyl sites for hydroxylation is 1. The molecule has 1 amide bonds. The predicted octanol–water partition coefficient (Wildman–Crippen LogP) is 4.30. The topological polar surface area (TPSA) is 68.2 Å². The third-order valence-corrected chi connectivity index (χ3v) is 6.92. The fraction of sp³-hybridized carbons (Fsp3) is 0.333. The second kappa shape index (κ2) is 8.92. The third kappa shape index (κ3) is 4.59. The second-order valence-electron chi connectivity index (χ2n) is 6.80. The van der Waals surface area contributed by atoms with E-state index in [9.17, 15) is 4.79 Å². The second-order valence-corrected chi connectivity index (χ2v) is 8.79. The summed E-state index contributed by atoms with van der Waals surface area (Å²) in [6.07, 6.45) is 2.22. The van der Waals surface area contributed by atoms with Crippen molar-refractivity contribution < 1.29 is 9.53 Å². The van der Waals surface area contributed by atoms with E-state index in [1.54, 1.807) is 18.4 Å². The van der Waals surface area contributed by atoms with Gasteiger partial charge in [-0.15, -0.1) is 21.5 Å². The van der Waals surface area contributed by atoms with E-state index in [0.29, 0.717) is 5.75 Å². The van der Waals surface area contributed by atoms with Crippen LogP contribution in [0.1, 0.15) is 18.5 Å². The van der Waals surface area contributed by atoms with Gasteiger partial charge in [-0.3, -0.25) is 4.79 Å². The Hall–Kier alpha value is -2.45. The molecule has 0 N–H and O–H groups in total. The van der Waals surface area contributed by atoms with Crippen LogP contribution < -0.4 is 4.74 Å². The van der Waals surface area contributed by atoms with Gasteiger partial charge in [0.25, 0.3) is 0 Å². The summed E-state index contributed by atoms with van der Waals surface area (Å²) in [4.78, 5) is 19.8. The van der Waals surface area contributed by atoms with Crippen molar-refractivity contribution in [3.63, 3.8) is 0 Å².